The number of hydrogen-bond donors (Lipinski definition) is 2. The molecule has 2 aromatic carbocycles. The Morgan fingerprint density at radius 2 is 2.03 bits per heavy atom. The highest BCUT2D eigenvalue weighted by Gasteiger charge is 2.31. The number of nitrogens with one attached hydrogen (secondary N) is 2. The molecule has 150 valence electrons. The predicted octanol–water partition coefficient (Wildman–Crippen LogP) is 2.74. The molecule has 4 rings (SSSR count). The molecule has 2 aliphatic heterocycles. The molecule has 0 fully saturated rings. The zero-order valence-corrected chi connectivity index (χ0v) is 15.9. The number of para-hydroxylation sites is 1. The number of carbonyl (C=O) groups excluding carboxylic acids is 3. The summed E-state index contributed by atoms with van der Waals surface area (Å²) in [6.45, 7) is 0.858. The maximum absolute atomic E-state index is 13.4. The number of benzene rings is 2. The lowest BCUT2D eigenvalue weighted by Gasteiger charge is -2.29. The Balaban J connectivity index is 1.38. The van der Waals surface area contributed by atoms with E-state index >= 15 is 0 Å². The quantitative estimate of drug-likeness (QED) is 0.836. The second-order valence-corrected chi connectivity index (χ2v) is 7.36. The standard InChI is InChI=1S/C22H22FN3O3/c23-15-7-8-16-17(13-20(27)25-18(16)12-15)22(29)24-10-9-21(28)26-11-3-5-14-4-1-2-6-19(14)26/h1-2,4,6-8,12,17H,3,5,9-11,13H2,(H,24,29)(H,25,27)/t17-/m0/s1. The predicted molar refractivity (Wildman–Crippen MR) is 107 cm³/mol. The van der Waals surface area contributed by atoms with Crippen molar-refractivity contribution in [2.75, 3.05) is 23.3 Å². The number of fused-ring (bicyclic) bond motifs is 2. The van der Waals surface area contributed by atoms with Crippen molar-refractivity contribution < 1.29 is 18.8 Å². The van der Waals surface area contributed by atoms with Crippen LogP contribution >= 0.6 is 0 Å². The molecular weight excluding hydrogens is 373 g/mol. The smallest absolute Gasteiger partial charge is 0.228 e. The molecule has 0 aliphatic carbocycles. The molecule has 7 heteroatoms. The fourth-order valence-corrected chi connectivity index (χ4v) is 4.01. The Kier molecular flexibility index (Phi) is 5.29. The summed E-state index contributed by atoms with van der Waals surface area (Å²) in [5.74, 6) is -1.87. The topological polar surface area (TPSA) is 78.5 Å². The third kappa shape index (κ3) is 3.99. The lowest BCUT2D eigenvalue weighted by atomic mass is 9.89. The van der Waals surface area contributed by atoms with Crippen LogP contribution in [0.5, 0.6) is 0 Å². The molecule has 3 amide bonds. The fourth-order valence-electron chi connectivity index (χ4n) is 4.01. The molecule has 0 unspecified atom stereocenters. The van der Waals surface area contributed by atoms with Crippen molar-refractivity contribution in [3.8, 4) is 0 Å². The summed E-state index contributed by atoms with van der Waals surface area (Å²) in [5, 5.41) is 5.35. The van der Waals surface area contributed by atoms with E-state index in [1.165, 1.54) is 18.2 Å². The van der Waals surface area contributed by atoms with Gasteiger partial charge in [0, 0.05) is 37.3 Å². The first kappa shape index (κ1) is 19.1. The summed E-state index contributed by atoms with van der Waals surface area (Å²) in [5.41, 5.74) is 3.00. The first-order valence-corrected chi connectivity index (χ1v) is 9.78. The molecule has 2 heterocycles. The summed E-state index contributed by atoms with van der Waals surface area (Å²) in [7, 11) is 0. The van der Waals surface area contributed by atoms with Gasteiger partial charge in [-0.2, -0.15) is 0 Å². The minimum Gasteiger partial charge on any atom is -0.355 e. The molecule has 2 N–H and O–H groups in total. The average molecular weight is 395 g/mol. The van der Waals surface area contributed by atoms with Gasteiger partial charge in [-0.3, -0.25) is 14.4 Å². The maximum Gasteiger partial charge on any atom is 0.228 e. The molecule has 29 heavy (non-hydrogen) atoms. The lowest BCUT2D eigenvalue weighted by Crippen LogP contribution is -2.39. The van der Waals surface area contributed by atoms with Gasteiger partial charge < -0.3 is 15.5 Å². The first-order valence-electron chi connectivity index (χ1n) is 9.78. The molecule has 0 saturated heterocycles. The van der Waals surface area contributed by atoms with Crippen LogP contribution in [-0.2, 0) is 20.8 Å². The molecule has 0 saturated carbocycles. The van der Waals surface area contributed by atoms with E-state index < -0.39 is 11.7 Å². The average Bonchev–Trinajstić information content (AvgIpc) is 2.72. The van der Waals surface area contributed by atoms with Gasteiger partial charge in [0.05, 0.1) is 5.92 Å². The molecule has 0 aromatic heterocycles. The van der Waals surface area contributed by atoms with Crippen molar-refractivity contribution in [1.82, 2.24) is 5.32 Å². The van der Waals surface area contributed by atoms with Gasteiger partial charge in [0.25, 0.3) is 0 Å². The van der Waals surface area contributed by atoms with E-state index in [9.17, 15) is 18.8 Å². The summed E-state index contributed by atoms with van der Waals surface area (Å²) < 4.78 is 13.4. The van der Waals surface area contributed by atoms with E-state index in [-0.39, 0.29) is 37.1 Å². The number of anilines is 2. The number of carbonyl (C=O) groups is 3. The van der Waals surface area contributed by atoms with Crippen molar-refractivity contribution in [3.05, 3.63) is 59.4 Å². The number of halogens is 1. The van der Waals surface area contributed by atoms with Gasteiger partial charge in [-0.25, -0.2) is 4.39 Å². The lowest BCUT2D eigenvalue weighted by molar-refractivity contribution is -0.126. The number of rotatable bonds is 4. The zero-order valence-electron chi connectivity index (χ0n) is 15.9. The van der Waals surface area contributed by atoms with Crippen LogP contribution in [0.4, 0.5) is 15.8 Å². The van der Waals surface area contributed by atoms with Crippen LogP contribution in [-0.4, -0.2) is 30.8 Å². The van der Waals surface area contributed by atoms with Crippen molar-refractivity contribution in [1.29, 1.82) is 0 Å². The van der Waals surface area contributed by atoms with Gasteiger partial charge >= 0.3 is 0 Å². The molecule has 0 radical (unpaired) electrons. The van der Waals surface area contributed by atoms with Gasteiger partial charge in [0.15, 0.2) is 0 Å². The van der Waals surface area contributed by atoms with Crippen LogP contribution in [0.3, 0.4) is 0 Å². The number of hydrogen-bond acceptors (Lipinski definition) is 3. The van der Waals surface area contributed by atoms with E-state index in [4.69, 9.17) is 0 Å². The van der Waals surface area contributed by atoms with Crippen LogP contribution in [0, 0.1) is 5.82 Å². The highest BCUT2D eigenvalue weighted by Crippen LogP contribution is 2.33. The summed E-state index contributed by atoms with van der Waals surface area (Å²) >= 11 is 0. The van der Waals surface area contributed by atoms with Crippen molar-refractivity contribution in [2.45, 2.75) is 31.6 Å². The van der Waals surface area contributed by atoms with Crippen LogP contribution < -0.4 is 15.5 Å². The van der Waals surface area contributed by atoms with Crippen LogP contribution in [0.15, 0.2) is 42.5 Å². The van der Waals surface area contributed by atoms with Gasteiger partial charge in [-0.15, -0.1) is 0 Å². The Morgan fingerprint density at radius 1 is 1.21 bits per heavy atom. The van der Waals surface area contributed by atoms with E-state index in [0.717, 1.165) is 24.1 Å². The van der Waals surface area contributed by atoms with Gasteiger partial charge in [-0.1, -0.05) is 24.3 Å². The molecule has 2 aromatic rings. The Bertz CT molecular complexity index is 976. The summed E-state index contributed by atoms with van der Waals surface area (Å²) in [6.07, 6.45) is 2.05. The van der Waals surface area contributed by atoms with Crippen molar-refractivity contribution >= 4 is 29.1 Å². The van der Waals surface area contributed by atoms with E-state index in [1.807, 2.05) is 24.3 Å². The monoisotopic (exact) mass is 395 g/mol. The van der Waals surface area contributed by atoms with Gasteiger partial charge in [0.1, 0.15) is 5.82 Å². The molecule has 1 atom stereocenters. The summed E-state index contributed by atoms with van der Waals surface area (Å²) in [6, 6.07) is 11.9. The molecule has 6 nitrogen and oxygen atoms in total. The van der Waals surface area contributed by atoms with E-state index in [0.29, 0.717) is 17.8 Å². The number of aryl methyl sites for hydroxylation is 1. The SMILES string of the molecule is O=C1C[C@H](C(=O)NCCC(=O)N2CCCc3ccccc32)c2ccc(F)cc2N1. The minimum atomic E-state index is -0.690. The maximum atomic E-state index is 13.4. The highest BCUT2D eigenvalue weighted by molar-refractivity contribution is 6.01. The highest BCUT2D eigenvalue weighted by atomic mass is 19.1. The molecule has 2 aliphatic rings. The minimum absolute atomic E-state index is 0.00207. The molecule has 0 spiro atoms. The van der Waals surface area contributed by atoms with Crippen LogP contribution in [0.25, 0.3) is 0 Å². The van der Waals surface area contributed by atoms with Gasteiger partial charge in [0.2, 0.25) is 17.7 Å². The Labute approximate surface area is 168 Å². The fraction of sp³-hybridized carbons (Fsp3) is 0.318. The van der Waals surface area contributed by atoms with Gasteiger partial charge in [-0.05, 0) is 42.2 Å². The third-order valence-corrected chi connectivity index (χ3v) is 5.42. The Morgan fingerprint density at radius 3 is 2.90 bits per heavy atom. The second kappa shape index (κ2) is 8.03. The largest absolute Gasteiger partial charge is 0.355 e. The summed E-state index contributed by atoms with van der Waals surface area (Å²) in [4.78, 5) is 39.0. The third-order valence-electron chi connectivity index (χ3n) is 5.42. The van der Waals surface area contributed by atoms with E-state index in [2.05, 4.69) is 10.6 Å². The number of nitrogens with zero attached hydrogens (tertiary/aromatic N) is 1. The Hall–Kier alpha value is -3.22. The van der Waals surface area contributed by atoms with Crippen molar-refractivity contribution in [3.63, 3.8) is 0 Å². The second-order valence-electron chi connectivity index (χ2n) is 7.36. The molecule has 0 bridgehead atoms. The molecular formula is C22H22FN3O3. The normalized spacial score (nSPS) is 17.8. The zero-order chi connectivity index (χ0) is 20.4. The first-order chi connectivity index (χ1) is 14.0. The van der Waals surface area contributed by atoms with Crippen LogP contribution in [0.2, 0.25) is 0 Å². The van der Waals surface area contributed by atoms with Crippen molar-refractivity contribution in [2.24, 2.45) is 0 Å². The van der Waals surface area contributed by atoms with E-state index in [1.54, 1.807) is 4.90 Å². The van der Waals surface area contributed by atoms with Crippen LogP contribution in [0.1, 0.15) is 36.3 Å². The number of amides is 3.